The van der Waals surface area contributed by atoms with Gasteiger partial charge in [0.1, 0.15) is 11.6 Å². The standard InChI is InChI=1S/C23H26N6O3S/c1-13(2)33(30,31)16-7-9-21(32-5)18(11-16)19-12-25-23(24)26-22(19)29(4)15-6-8-17-14(3)27-28-20(17)10-15/h6-13H,1-5H3,(H,27,28)(H2,24,25,26). The van der Waals surface area contributed by atoms with Crippen molar-refractivity contribution in [3.63, 3.8) is 0 Å². The maximum atomic E-state index is 12.8. The van der Waals surface area contributed by atoms with E-state index in [0.29, 0.717) is 22.7 Å². The van der Waals surface area contributed by atoms with Gasteiger partial charge in [0.25, 0.3) is 0 Å². The van der Waals surface area contributed by atoms with Crippen molar-refractivity contribution in [1.29, 1.82) is 0 Å². The number of methoxy groups -OCH3 is 1. The highest BCUT2D eigenvalue weighted by Gasteiger charge is 2.24. The lowest BCUT2D eigenvalue weighted by Crippen LogP contribution is -2.15. The smallest absolute Gasteiger partial charge is 0.221 e. The van der Waals surface area contributed by atoms with Gasteiger partial charge in [-0.2, -0.15) is 10.1 Å². The number of rotatable bonds is 6. The summed E-state index contributed by atoms with van der Waals surface area (Å²) < 4.78 is 31.2. The van der Waals surface area contributed by atoms with Crippen LogP contribution in [0.4, 0.5) is 17.5 Å². The van der Waals surface area contributed by atoms with E-state index in [2.05, 4.69) is 20.2 Å². The van der Waals surface area contributed by atoms with Crippen molar-refractivity contribution in [2.24, 2.45) is 0 Å². The van der Waals surface area contributed by atoms with Crippen molar-refractivity contribution in [3.05, 3.63) is 48.3 Å². The Hall–Kier alpha value is -3.66. The monoisotopic (exact) mass is 466 g/mol. The van der Waals surface area contributed by atoms with Crippen LogP contribution in [0.5, 0.6) is 5.75 Å². The lowest BCUT2D eigenvalue weighted by atomic mass is 10.1. The lowest BCUT2D eigenvalue weighted by Gasteiger charge is -2.22. The number of hydrogen-bond acceptors (Lipinski definition) is 8. The van der Waals surface area contributed by atoms with Gasteiger partial charge in [0.2, 0.25) is 5.95 Å². The summed E-state index contributed by atoms with van der Waals surface area (Å²) in [6.07, 6.45) is 1.58. The van der Waals surface area contributed by atoms with Crippen LogP contribution >= 0.6 is 0 Å². The molecule has 0 unspecified atom stereocenters. The van der Waals surface area contributed by atoms with Crippen molar-refractivity contribution in [1.82, 2.24) is 20.2 Å². The van der Waals surface area contributed by atoms with Crippen molar-refractivity contribution in [2.75, 3.05) is 24.8 Å². The predicted octanol–water partition coefficient (Wildman–Crippen LogP) is 3.87. The molecule has 0 spiro atoms. The summed E-state index contributed by atoms with van der Waals surface area (Å²) in [5.41, 5.74) is 9.71. The molecule has 3 N–H and O–H groups in total. The fourth-order valence-corrected chi connectivity index (χ4v) is 4.73. The van der Waals surface area contributed by atoms with Crippen molar-refractivity contribution in [2.45, 2.75) is 30.9 Å². The molecule has 0 aliphatic heterocycles. The van der Waals surface area contributed by atoms with Gasteiger partial charge in [-0.15, -0.1) is 0 Å². The molecule has 0 atom stereocenters. The molecule has 4 rings (SSSR count). The first-order valence-corrected chi connectivity index (χ1v) is 11.9. The number of sulfone groups is 1. The molecule has 0 fully saturated rings. The van der Waals surface area contributed by atoms with Crippen LogP contribution in [0.3, 0.4) is 0 Å². The topological polar surface area (TPSA) is 127 Å². The number of ether oxygens (including phenoxy) is 1. The van der Waals surface area contributed by atoms with Gasteiger partial charge in [0.15, 0.2) is 9.84 Å². The van der Waals surface area contributed by atoms with E-state index in [-0.39, 0.29) is 10.8 Å². The molecule has 4 aromatic rings. The molecule has 0 radical (unpaired) electrons. The fourth-order valence-electron chi connectivity index (χ4n) is 3.64. The van der Waals surface area contributed by atoms with Crippen LogP contribution in [-0.2, 0) is 9.84 Å². The molecule has 2 aromatic carbocycles. The van der Waals surface area contributed by atoms with Gasteiger partial charge in [-0.05, 0) is 57.2 Å². The van der Waals surface area contributed by atoms with E-state index < -0.39 is 15.1 Å². The van der Waals surface area contributed by atoms with Gasteiger partial charge >= 0.3 is 0 Å². The second kappa shape index (κ2) is 8.36. The summed E-state index contributed by atoms with van der Waals surface area (Å²) in [5, 5.41) is 7.79. The molecule has 0 aliphatic carbocycles. The molecule has 10 heteroatoms. The second-order valence-electron chi connectivity index (χ2n) is 8.03. The first-order chi connectivity index (χ1) is 15.6. The third-order valence-electron chi connectivity index (χ3n) is 5.63. The van der Waals surface area contributed by atoms with E-state index in [0.717, 1.165) is 22.3 Å². The Morgan fingerprint density at radius 3 is 2.58 bits per heavy atom. The maximum Gasteiger partial charge on any atom is 0.221 e. The molecule has 9 nitrogen and oxygen atoms in total. The highest BCUT2D eigenvalue weighted by atomic mass is 32.2. The van der Waals surface area contributed by atoms with Crippen molar-refractivity contribution >= 4 is 38.2 Å². The van der Waals surface area contributed by atoms with Crippen molar-refractivity contribution in [3.8, 4) is 16.9 Å². The molecule has 0 saturated carbocycles. The summed E-state index contributed by atoms with van der Waals surface area (Å²) in [5.74, 6) is 1.10. The number of nitrogens with two attached hydrogens (primary N) is 1. The van der Waals surface area contributed by atoms with E-state index in [1.807, 2.05) is 37.1 Å². The number of aryl methyl sites for hydroxylation is 1. The van der Waals surface area contributed by atoms with Gasteiger partial charge in [0, 0.05) is 41.1 Å². The Bertz CT molecular complexity index is 1450. The summed E-state index contributed by atoms with van der Waals surface area (Å²) in [7, 11) is -0.107. The summed E-state index contributed by atoms with van der Waals surface area (Å²) in [4.78, 5) is 10.7. The zero-order valence-corrected chi connectivity index (χ0v) is 19.9. The zero-order valence-electron chi connectivity index (χ0n) is 19.1. The highest BCUT2D eigenvalue weighted by molar-refractivity contribution is 7.92. The highest BCUT2D eigenvalue weighted by Crippen LogP contribution is 2.39. The minimum Gasteiger partial charge on any atom is -0.496 e. The van der Waals surface area contributed by atoms with Crippen LogP contribution in [0, 0.1) is 6.92 Å². The van der Waals surface area contributed by atoms with Crippen LogP contribution < -0.4 is 15.4 Å². The molecule has 2 heterocycles. The predicted molar refractivity (Wildman–Crippen MR) is 130 cm³/mol. The van der Waals surface area contributed by atoms with Gasteiger partial charge in [-0.25, -0.2) is 13.4 Å². The van der Waals surface area contributed by atoms with E-state index in [4.69, 9.17) is 10.5 Å². The normalized spacial score (nSPS) is 11.8. The second-order valence-corrected chi connectivity index (χ2v) is 10.5. The number of aromatic amines is 1. The van der Waals surface area contributed by atoms with E-state index in [1.54, 1.807) is 38.2 Å². The molecule has 33 heavy (non-hydrogen) atoms. The first kappa shape index (κ1) is 22.5. The van der Waals surface area contributed by atoms with Gasteiger partial charge in [-0.3, -0.25) is 5.10 Å². The number of benzene rings is 2. The molecule has 0 aliphatic rings. The molecule has 2 aromatic heterocycles. The lowest BCUT2D eigenvalue weighted by molar-refractivity contribution is 0.416. The third-order valence-corrected chi connectivity index (χ3v) is 7.78. The largest absolute Gasteiger partial charge is 0.496 e. The number of nitrogens with one attached hydrogen (secondary N) is 1. The average molecular weight is 467 g/mol. The minimum atomic E-state index is -3.49. The number of fused-ring (bicyclic) bond motifs is 1. The Morgan fingerprint density at radius 1 is 1.12 bits per heavy atom. The van der Waals surface area contributed by atoms with Crippen LogP contribution in [0.25, 0.3) is 22.0 Å². The molecule has 0 bridgehead atoms. The van der Waals surface area contributed by atoms with Gasteiger partial charge < -0.3 is 15.4 Å². The number of aromatic nitrogens is 4. The third kappa shape index (κ3) is 3.97. The minimum absolute atomic E-state index is 0.0993. The van der Waals surface area contributed by atoms with E-state index >= 15 is 0 Å². The average Bonchev–Trinajstić information content (AvgIpc) is 3.18. The number of H-pyrrole nitrogens is 1. The van der Waals surface area contributed by atoms with Gasteiger partial charge in [-0.1, -0.05) is 0 Å². The van der Waals surface area contributed by atoms with Crippen LogP contribution in [0.15, 0.2) is 47.5 Å². The summed E-state index contributed by atoms with van der Waals surface area (Å²) >= 11 is 0. The van der Waals surface area contributed by atoms with Gasteiger partial charge in [0.05, 0.1) is 22.8 Å². The maximum absolute atomic E-state index is 12.8. The molecular weight excluding hydrogens is 440 g/mol. The van der Waals surface area contributed by atoms with E-state index in [1.165, 1.54) is 7.11 Å². The molecular formula is C23H26N6O3S. The number of hydrogen-bond donors (Lipinski definition) is 2. The summed E-state index contributed by atoms with van der Waals surface area (Å²) in [6.45, 7) is 5.27. The Labute approximate surface area is 192 Å². The molecule has 172 valence electrons. The first-order valence-electron chi connectivity index (χ1n) is 10.4. The van der Waals surface area contributed by atoms with Crippen LogP contribution in [0.2, 0.25) is 0 Å². The number of nitrogen functional groups attached to an aromatic ring is 1. The quantitative estimate of drug-likeness (QED) is 0.438. The Kier molecular flexibility index (Phi) is 5.71. The van der Waals surface area contributed by atoms with Crippen LogP contribution in [-0.4, -0.2) is 48.0 Å². The SMILES string of the molecule is COc1ccc(S(=O)(=O)C(C)C)cc1-c1cnc(N)nc1N(C)c1ccc2c(C)[nH]nc2c1. The Balaban J connectivity index is 1.89. The number of nitrogens with zero attached hydrogens (tertiary/aromatic N) is 4. The molecule has 0 amide bonds. The fraction of sp³-hybridized carbons (Fsp3) is 0.261. The molecule has 0 saturated heterocycles. The van der Waals surface area contributed by atoms with Crippen molar-refractivity contribution < 1.29 is 13.2 Å². The number of anilines is 3. The van der Waals surface area contributed by atoms with E-state index in [9.17, 15) is 8.42 Å². The Morgan fingerprint density at radius 2 is 1.88 bits per heavy atom. The van der Waals surface area contributed by atoms with Crippen LogP contribution in [0.1, 0.15) is 19.5 Å². The summed E-state index contributed by atoms with van der Waals surface area (Å²) in [6, 6.07) is 10.7. The zero-order chi connectivity index (χ0) is 23.9.